The van der Waals surface area contributed by atoms with Crippen LogP contribution in [0.1, 0.15) is 23.2 Å². The number of likely N-dealkylation sites (tertiary alicyclic amines) is 1. The third kappa shape index (κ3) is 3.35. The number of urea groups is 1. The second-order valence-electron chi connectivity index (χ2n) is 6.44. The van der Waals surface area contributed by atoms with Crippen LogP contribution < -0.4 is 5.32 Å². The van der Waals surface area contributed by atoms with E-state index >= 15 is 0 Å². The Kier molecular flexibility index (Phi) is 4.69. The average Bonchev–Trinajstić information content (AvgIpc) is 2.61. The molecule has 1 aliphatic rings. The minimum Gasteiger partial charge on any atom is -0.338 e. The Balaban J connectivity index is 1.68. The highest BCUT2D eigenvalue weighted by molar-refractivity contribution is 6.07. The first-order chi connectivity index (χ1) is 11.6. The van der Waals surface area contributed by atoms with Gasteiger partial charge in [-0.25, -0.2) is 4.79 Å². The first-order valence-electron chi connectivity index (χ1n) is 8.31. The highest BCUT2D eigenvalue weighted by Crippen LogP contribution is 2.22. The second kappa shape index (κ2) is 6.91. The highest BCUT2D eigenvalue weighted by atomic mass is 16.2. The number of fused-ring (bicyclic) bond motifs is 1. The lowest BCUT2D eigenvalue weighted by atomic mass is 10.0. The van der Waals surface area contributed by atoms with Crippen molar-refractivity contribution in [2.24, 2.45) is 0 Å². The van der Waals surface area contributed by atoms with Gasteiger partial charge in [-0.15, -0.1) is 0 Å². The number of hydrogen-bond acceptors (Lipinski definition) is 2. The molecule has 0 aliphatic carbocycles. The predicted octanol–water partition coefficient (Wildman–Crippen LogP) is 2.72. The van der Waals surface area contributed by atoms with E-state index in [4.69, 9.17) is 0 Å². The molecule has 2 aromatic rings. The number of amides is 3. The fourth-order valence-electron chi connectivity index (χ4n) is 3.11. The normalized spacial score (nSPS) is 15.3. The van der Waals surface area contributed by atoms with Crippen LogP contribution in [0.5, 0.6) is 0 Å². The van der Waals surface area contributed by atoms with Crippen molar-refractivity contribution >= 4 is 22.7 Å². The lowest BCUT2D eigenvalue weighted by Crippen LogP contribution is -2.48. The Hall–Kier alpha value is -2.56. The summed E-state index contributed by atoms with van der Waals surface area (Å²) in [6.07, 6.45) is 1.58. The van der Waals surface area contributed by atoms with Crippen LogP contribution in [0.3, 0.4) is 0 Å². The van der Waals surface area contributed by atoms with Crippen molar-refractivity contribution in [3.05, 3.63) is 48.0 Å². The Morgan fingerprint density at radius 2 is 1.71 bits per heavy atom. The summed E-state index contributed by atoms with van der Waals surface area (Å²) in [6, 6.07) is 13.9. The van der Waals surface area contributed by atoms with Gasteiger partial charge in [-0.3, -0.25) is 4.79 Å². The van der Waals surface area contributed by atoms with Gasteiger partial charge in [-0.1, -0.05) is 36.4 Å². The molecule has 2 aromatic carbocycles. The zero-order chi connectivity index (χ0) is 17.1. The number of benzene rings is 2. The summed E-state index contributed by atoms with van der Waals surface area (Å²) in [5, 5.41) is 5.07. The maximum atomic E-state index is 12.9. The van der Waals surface area contributed by atoms with Crippen LogP contribution in [-0.4, -0.2) is 55.0 Å². The number of carbonyl (C=O) groups excluding carboxylic acids is 2. The number of nitrogens with zero attached hydrogens (tertiary/aromatic N) is 2. The minimum absolute atomic E-state index is 0.0733. The lowest BCUT2D eigenvalue weighted by Gasteiger charge is -2.33. The van der Waals surface area contributed by atoms with Gasteiger partial charge in [0.15, 0.2) is 0 Å². The maximum absolute atomic E-state index is 12.9. The quantitative estimate of drug-likeness (QED) is 0.923. The van der Waals surface area contributed by atoms with Gasteiger partial charge < -0.3 is 15.1 Å². The fourth-order valence-corrected chi connectivity index (χ4v) is 3.11. The van der Waals surface area contributed by atoms with E-state index < -0.39 is 0 Å². The Morgan fingerprint density at radius 3 is 2.42 bits per heavy atom. The first kappa shape index (κ1) is 16.3. The van der Waals surface area contributed by atoms with E-state index in [0.29, 0.717) is 13.1 Å². The number of piperidine rings is 1. The summed E-state index contributed by atoms with van der Waals surface area (Å²) < 4.78 is 0. The number of carbonyl (C=O) groups is 2. The molecule has 1 fully saturated rings. The zero-order valence-electron chi connectivity index (χ0n) is 14.2. The molecule has 1 saturated heterocycles. The van der Waals surface area contributed by atoms with Crippen LogP contribution >= 0.6 is 0 Å². The van der Waals surface area contributed by atoms with E-state index in [1.54, 1.807) is 14.1 Å². The smallest absolute Gasteiger partial charge is 0.317 e. The monoisotopic (exact) mass is 325 g/mol. The van der Waals surface area contributed by atoms with Crippen molar-refractivity contribution in [2.45, 2.75) is 18.9 Å². The van der Waals surface area contributed by atoms with Crippen LogP contribution in [0.25, 0.3) is 10.8 Å². The summed E-state index contributed by atoms with van der Waals surface area (Å²) in [5.74, 6) is 0.0733. The largest absolute Gasteiger partial charge is 0.338 e. The van der Waals surface area contributed by atoms with Crippen molar-refractivity contribution in [2.75, 3.05) is 27.2 Å². The Labute approximate surface area is 142 Å². The molecule has 3 rings (SSSR count). The zero-order valence-corrected chi connectivity index (χ0v) is 14.2. The van der Waals surface area contributed by atoms with E-state index in [1.807, 2.05) is 47.4 Å². The molecule has 5 nitrogen and oxygen atoms in total. The molecular formula is C19H23N3O2. The topological polar surface area (TPSA) is 52.7 Å². The number of rotatable bonds is 2. The summed E-state index contributed by atoms with van der Waals surface area (Å²) in [5.41, 5.74) is 0.754. The molecule has 0 unspecified atom stereocenters. The van der Waals surface area contributed by atoms with E-state index in [0.717, 1.165) is 29.2 Å². The van der Waals surface area contributed by atoms with Crippen molar-refractivity contribution < 1.29 is 9.59 Å². The van der Waals surface area contributed by atoms with Gasteiger partial charge in [0.25, 0.3) is 5.91 Å². The lowest BCUT2D eigenvalue weighted by molar-refractivity contribution is 0.0709. The Bertz CT molecular complexity index is 744. The van der Waals surface area contributed by atoms with Gasteiger partial charge in [-0.05, 0) is 29.7 Å². The van der Waals surface area contributed by atoms with E-state index in [1.165, 1.54) is 4.90 Å². The van der Waals surface area contributed by atoms with E-state index in [-0.39, 0.29) is 18.0 Å². The summed E-state index contributed by atoms with van der Waals surface area (Å²) in [6.45, 7) is 1.33. The molecule has 1 N–H and O–H groups in total. The first-order valence-corrected chi connectivity index (χ1v) is 8.31. The molecule has 0 atom stereocenters. The van der Waals surface area contributed by atoms with Crippen molar-refractivity contribution in [1.29, 1.82) is 0 Å². The summed E-state index contributed by atoms with van der Waals surface area (Å²) in [4.78, 5) is 28.0. The number of hydrogen-bond donors (Lipinski definition) is 1. The SMILES string of the molecule is CN(C)C(=O)NC1CCN(C(=O)c2cccc3ccccc23)CC1. The molecule has 0 aromatic heterocycles. The third-order valence-corrected chi connectivity index (χ3v) is 4.54. The highest BCUT2D eigenvalue weighted by Gasteiger charge is 2.25. The van der Waals surface area contributed by atoms with Crippen molar-refractivity contribution in [1.82, 2.24) is 15.1 Å². The second-order valence-corrected chi connectivity index (χ2v) is 6.44. The van der Waals surface area contributed by atoms with Gasteiger partial charge in [0.2, 0.25) is 0 Å². The standard InChI is InChI=1S/C19H23N3O2/c1-21(2)19(24)20-15-10-12-22(13-11-15)18(23)17-9-5-7-14-6-3-4-8-16(14)17/h3-9,15H,10-13H2,1-2H3,(H,20,24). The molecule has 0 saturated carbocycles. The van der Waals surface area contributed by atoms with Crippen LogP contribution in [0.4, 0.5) is 4.79 Å². The molecule has 0 spiro atoms. The Morgan fingerprint density at radius 1 is 1.04 bits per heavy atom. The molecule has 0 bridgehead atoms. The summed E-state index contributed by atoms with van der Waals surface area (Å²) in [7, 11) is 3.46. The van der Waals surface area contributed by atoms with Crippen LogP contribution in [-0.2, 0) is 0 Å². The van der Waals surface area contributed by atoms with Crippen LogP contribution in [0, 0.1) is 0 Å². The predicted molar refractivity (Wildman–Crippen MR) is 95.1 cm³/mol. The van der Waals surface area contributed by atoms with Crippen LogP contribution in [0.2, 0.25) is 0 Å². The minimum atomic E-state index is -0.0752. The molecule has 1 heterocycles. The van der Waals surface area contributed by atoms with Crippen molar-refractivity contribution in [3.63, 3.8) is 0 Å². The van der Waals surface area contributed by atoms with Crippen molar-refractivity contribution in [3.8, 4) is 0 Å². The molecule has 5 heteroatoms. The van der Waals surface area contributed by atoms with E-state index in [9.17, 15) is 9.59 Å². The fraction of sp³-hybridized carbons (Fsp3) is 0.368. The van der Waals surface area contributed by atoms with Gasteiger partial charge >= 0.3 is 6.03 Å². The van der Waals surface area contributed by atoms with Gasteiger partial charge in [0.1, 0.15) is 0 Å². The van der Waals surface area contributed by atoms with E-state index in [2.05, 4.69) is 5.32 Å². The molecule has 0 radical (unpaired) electrons. The van der Waals surface area contributed by atoms with Gasteiger partial charge in [0, 0.05) is 38.8 Å². The average molecular weight is 325 g/mol. The summed E-state index contributed by atoms with van der Waals surface area (Å²) >= 11 is 0. The maximum Gasteiger partial charge on any atom is 0.317 e. The third-order valence-electron chi connectivity index (χ3n) is 4.54. The molecular weight excluding hydrogens is 302 g/mol. The molecule has 126 valence electrons. The van der Waals surface area contributed by atoms with Gasteiger partial charge in [0.05, 0.1) is 0 Å². The van der Waals surface area contributed by atoms with Crippen LogP contribution in [0.15, 0.2) is 42.5 Å². The van der Waals surface area contributed by atoms with Gasteiger partial charge in [-0.2, -0.15) is 0 Å². The number of nitrogens with one attached hydrogen (secondary N) is 1. The molecule has 3 amide bonds. The molecule has 24 heavy (non-hydrogen) atoms. The molecule has 1 aliphatic heterocycles.